The molecule has 0 aromatic carbocycles. The predicted octanol–water partition coefficient (Wildman–Crippen LogP) is -0.0452. The van der Waals surface area contributed by atoms with E-state index in [1.807, 2.05) is 0 Å². The Morgan fingerprint density at radius 3 is 2.80 bits per heavy atom. The lowest BCUT2D eigenvalue weighted by atomic mass is 10.3. The van der Waals surface area contributed by atoms with Gasteiger partial charge < -0.3 is 5.32 Å². The molecule has 1 aliphatic heterocycles. The highest BCUT2D eigenvalue weighted by molar-refractivity contribution is 6.22. The molecular weight excluding hydrogens is 159 g/mol. The number of rotatable bonds is 0. The van der Waals surface area contributed by atoms with E-state index in [1.54, 1.807) is 6.92 Å². The van der Waals surface area contributed by atoms with Gasteiger partial charge in [0.15, 0.2) is 0 Å². The largest absolute Gasteiger partial charge is 0.338 e. The second kappa shape index (κ2) is 2.72. The van der Waals surface area contributed by atoms with E-state index in [-0.39, 0.29) is 6.17 Å². The van der Waals surface area contributed by atoms with Crippen molar-refractivity contribution in [2.45, 2.75) is 24.8 Å². The summed E-state index contributed by atoms with van der Waals surface area (Å²) in [6.45, 7) is 1.69. The van der Waals surface area contributed by atoms with Crippen LogP contribution in [-0.4, -0.2) is 23.7 Å². The molecule has 0 bridgehead atoms. The minimum atomic E-state index is -1.64. The molecule has 1 fully saturated rings. The van der Waals surface area contributed by atoms with Gasteiger partial charge in [-0.25, -0.2) is 4.39 Å². The summed E-state index contributed by atoms with van der Waals surface area (Å²) in [5, 5.41) is 4.97. The first-order valence-corrected chi connectivity index (χ1v) is 3.39. The number of nitrogens with one attached hydrogen (secondary N) is 2. The molecule has 3 unspecified atom stereocenters. The van der Waals surface area contributed by atoms with Crippen LogP contribution in [0.3, 0.4) is 0 Å². The molecule has 1 heterocycles. The molecule has 0 saturated carbocycles. The second-order valence-electron chi connectivity index (χ2n) is 2.20. The molecule has 0 radical (unpaired) electrons. The Hall–Kier alpha value is -0.350. The van der Waals surface area contributed by atoms with Gasteiger partial charge in [-0.05, 0) is 6.92 Å². The van der Waals surface area contributed by atoms with Crippen molar-refractivity contribution in [3.63, 3.8) is 0 Å². The van der Waals surface area contributed by atoms with Gasteiger partial charge in [-0.15, -0.1) is 11.6 Å². The van der Waals surface area contributed by atoms with Gasteiger partial charge in [0.25, 0.3) is 5.91 Å². The highest BCUT2D eigenvalue weighted by Gasteiger charge is 2.32. The summed E-state index contributed by atoms with van der Waals surface area (Å²) < 4.78 is 12.5. The average molecular weight is 167 g/mol. The molecule has 10 heavy (non-hydrogen) atoms. The quantitative estimate of drug-likeness (QED) is 0.392. The Labute approximate surface area is 62.9 Å². The Morgan fingerprint density at radius 2 is 2.30 bits per heavy atom. The molecule has 1 aliphatic rings. The first-order chi connectivity index (χ1) is 4.61. The molecule has 58 valence electrons. The molecular formula is C5H8ClFN2O. The van der Waals surface area contributed by atoms with Gasteiger partial charge in [-0.1, -0.05) is 0 Å². The summed E-state index contributed by atoms with van der Waals surface area (Å²) in [5.74, 6) is -0.647. The molecule has 0 aromatic heterocycles. The molecule has 0 aliphatic carbocycles. The number of amides is 1. The molecule has 2 N–H and O–H groups in total. The van der Waals surface area contributed by atoms with Crippen molar-refractivity contribution < 1.29 is 9.18 Å². The Kier molecular flexibility index (Phi) is 2.11. The molecule has 3 nitrogen and oxygen atoms in total. The summed E-state index contributed by atoms with van der Waals surface area (Å²) in [6, 6.07) is 0. The SMILES string of the molecule is CC1NC(=O)C(F)C(Cl)N1. The van der Waals surface area contributed by atoms with Crippen LogP contribution in [-0.2, 0) is 4.79 Å². The molecule has 5 heteroatoms. The van der Waals surface area contributed by atoms with E-state index in [0.717, 1.165) is 0 Å². The van der Waals surface area contributed by atoms with Crippen molar-refractivity contribution in [1.29, 1.82) is 0 Å². The van der Waals surface area contributed by atoms with Crippen LogP contribution >= 0.6 is 11.6 Å². The van der Waals surface area contributed by atoms with Gasteiger partial charge in [0.05, 0.1) is 6.17 Å². The zero-order valence-corrected chi connectivity index (χ0v) is 6.15. The maximum absolute atomic E-state index is 12.5. The van der Waals surface area contributed by atoms with E-state index in [0.29, 0.717) is 0 Å². The zero-order valence-electron chi connectivity index (χ0n) is 5.40. The fourth-order valence-corrected chi connectivity index (χ4v) is 1.09. The third-order valence-corrected chi connectivity index (χ3v) is 1.62. The maximum Gasteiger partial charge on any atom is 0.258 e. The molecule has 0 spiro atoms. The van der Waals surface area contributed by atoms with Gasteiger partial charge in [0, 0.05) is 0 Å². The topological polar surface area (TPSA) is 41.1 Å². The molecule has 1 saturated heterocycles. The second-order valence-corrected chi connectivity index (χ2v) is 2.67. The van der Waals surface area contributed by atoms with Crippen LogP contribution in [0.4, 0.5) is 4.39 Å². The van der Waals surface area contributed by atoms with Crippen molar-refractivity contribution in [1.82, 2.24) is 10.6 Å². The van der Waals surface area contributed by atoms with Crippen molar-refractivity contribution in [2.75, 3.05) is 0 Å². The molecule has 0 aromatic rings. The van der Waals surface area contributed by atoms with Gasteiger partial charge >= 0.3 is 0 Å². The lowest BCUT2D eigenvalue weighted by Crippen LogP contribution is -2.59. The van der Waals surface area contributed by atoms with Crippen molar-refractivity contribution in [3.05, 3.63) is 0 Å². The number of hydrogen-bond acceptors (Lipinski definition) is 2. The van der Waals surface area contributed by atoms with Crippen LogP contribution < -0.4 is 10.6 Å². The van der Waals surface area contributed by atoms with Crippen LogP contribution in [0, 0.1) is 0 Å². The molecule has 1 amide bonds. The number of hydrogen-bond donors (Lipinski definition) is 2. The molecule has 1 rings (SSSR count). The third-order valence-electron chi connectivity index (χ3n) is 1.28. The summed E-state index contributed by atoms with van der Waals surface area (Å²) in [4.78, 5) is 10.6. The highest BCUT2D eigenvalue weighted by atomic mass is 35.5. The predicted molar refractivity (Wildman–Crippen MR) is 35.3 cm³/mol. The Bertz CT molecular complexity index is 155. The van der Waals surface area contributed by atoms with Crippen LogP contribution in [0.2, 0.25) is 0 Å². The number of carbonyl (C=O) groups is 1. The minimum absolute atomic E-state index is 0.248. The maximum atomic E-state index is 12.5. The standard InChI is InChI=1S/C5H8ClFN2O/c1-2-8-4(6)3(7)5(10)9-2/h2-4,8H,1H3,(H,9,10). The van der Waals surface area contributed by atoms with Crippen molar-refractivity contribution in [2.24, 2.45) is 0 Å². The average Bonchev–Trinajstić information content (AvgIpc) is 1.82. The highest BCUT2D eigenvalue weighted by Crippen LogP contribution is 2.08. The monoisotopic (exact) mass is 166 g/mol. The first-order valence-electron chi connectivity index (χ1n) is 2.96. The Morgan fingerprint density at radius 1 is 1.70 bits per heavy atom. The van der Waals surface area contributed by atoms with Gasteiger partial charge in [0.2, 0.25) is 6.17 Å². The van der Waals surface area contributed by atoms with Crippen molar-refractivity contribution in [3.8, 4) is 0 Å². The van der Waals surface area contributed by atoms with E-state index < -0.39 is 17.6 Å². The summed E-state index contributed by atoms with van der Waals surface area (Å²) in [6.07, 6.45) is -1.89. The number of halogens is 2. The minimum Gasteiger partial charge on any atom is -0.338 e. The van der Waals surface area contributed by atoms with Gasteiger partial charge in [-0.2, -0.15) is 0 Å². The summed E-state index contributed by atoms with van der Waals surface area (Å²) >= 11 is 5.41. The summed E-state index contributed by atoms with van der Waals surface area (Å²) in [5.41, 5.74) is -0.899. The lowest BCUT2D eigenvalue weighted by Gasteiger charge is -2.27. The third kappa shape index (κ3) is 1.38. The van der Waals surface area contributed by atoms with Gasteiger partial charge in [0.1, 0.15) is 5.50 Å². The smallest absolute Gasteiger partial charge is 0.258 e. The van der Waals surface area contributed by atoms with Crippen molar-refractivity contribution >= 4 is 17.5 Å². The Balaban J connectivity index is 2.57. The number of alkyl halides is 2. The lowest BCUT2D eigenvalue weighted by molar-refractivity contribution is -0.129. The summed E-state index contributed by atoms with van der Waals surface area (Å²) in [7, 11) is 0. The first kappa shape index (κ1) is 7.75. The fourth-order valence-electron chi connectivity index (χ4n) is 0.791. The van der Waals surface area contributed by atoms with E-state index in [1.165, 1.54) is 0 Å². The van der Waals surface area contributed by atoms with Crippen LogP contribution in [0.15, 0.2) is 0 Å². The zero-order chi connectivity index (χ0) is 7.72. The van der Waals surface area contributed by atoms with E-state index in [9.17, 15) is 9.18 Å². The number of carbonyl (C=O) groups excluding carboxylic acids is 1. The van der Waals surface area contributed by atoms with Gasteiger partial charge in [-0.3, -0.25) is 10.1 Å². The van der Waals surface area contributed by atoms with E-state index >= 15 is 0 Å². The normalized spacial score (nSPS) is 41.1. The van der Waals surface area contributed by atoms with E-state index in [4.69, 9.17) is 11.6 Å². The fraction of sp³-hybridized carbons (Fsp3) is 0.800. The van der Waals surface area contributed by atoms with Crippen LogP contribution in [0.1, 0.15) is 6.92 Å². The van der Waals surface area contributed by atoms with E-state index in [2.05, 4.69) is 10.6 Å². The van der Waals surface area contributed by atoms with Crippen LogP contribution in [0.25, 0.3) is 0 Å². The molecule has 3 atom stereocenters. The van der Waals surface area contributed by atoms with Crippen LogP contribution in [0.5, 0.6) is 0 Å².